The minimum atomic E-state index is -0.632. The molecule has 174 valence electrons. The maximum atomic E-state index is 10.2. The molecular formula is C28H44O3. The van der Waals surface area contributed by atoms with Crippen LogP contribution in [0.2, 0.25) is 0 Å². The number of hydrogen-bond acceptors (Lipinski definition) is 3. The van der Waals surface area contributed by atoms with E-state index in [-0.39, 0.29) is 5.41 Å². The van der Waals surface area contributed by atoms with Crippen LogP contribution in [0.1, 0.15) is 85.0 Å². The predicted octanol–water partition coefficient (Wildman–Crippen LogP) is 5.87. The molecule has 3 saturated carbocycles. The summed E-state index contributed by atoms with van der Waals surface area (Å²) < 4.78 is 0. The summed E-state index contributed by atoms with van der Waals surface area (Å²) in [5.41, 5.74) is 2.86. The Hall–Kier alpha value is -1.16. The zero-order valence-corrected chi connectivity index (χ0v) is 19.9. The summed E-state index contributed by atoms with van der Waals surface area (Å²) in [6.45, 7) is 14.6. The van der Waals surface area contributed by atoms with Crippen LogP contribution in [0.3, 0.4) is 0 Å². The van der Waals surface area contributed by atoms with E-state index in [1.807, 2.05) is 13.8 Å². The third-order valence-electron chi connectivity index (χ3n) is 8.41. The smallest absolute Gasteiger partial charge is 0.0811 e. The highest BCUT2D eigenvalue weighted by molar-refractivity contribution is 5.39. The Morgan fingerprint density at radius 1 is 1.23 bits per heavy atom. The summed E-state index contributed by atoms with van der Waals surface area (Å²) in [7, 11) is 0. The third-order valence-corrected chi connectivity index (χ3v) is 8.41. The first-order valence-corrected chi connectivity index (χ1v) is 12.4. The molecule has 6 atom stereocenters. The van der Waals surface area contributed by atoms with Gasteiger partial charge in [0.25, 0.3) is 0 Å². The Kier molecular flexibility index (Phi) is 7.71. The molecule has 0 unspecified atom stereocenters. The zero-order valence-electron chi connectivity index (χ0n) is 19.9. The topological polar surface area (TPSA) is 60.7 Å². The number of rotatable bonds is 7. The van der Waals surface area contributed by atoms with Crippen LogP contribution in [-0.2, 0) is 0 Å². The van der Waals surface area contributed by atoms with E-state index in [1.165, 1.54) is 31.3 Å². The van der Waals surface area contributed by atoms with Gasteiger partial charge in [0.2, 0.25) is 0 Å². The lowest BCUT2D eigenvalue weighted by Crippen LogP contribution is -2.37. The number of allylic oxidation sites excluding steroid dienone is 4. The second-order valence-corrected chi connectivity index (χ2v) is 11.2. The molecule has 0 aromatic heterocycles. The third kappa shape index (κ3) is 5.43. The molecule has 0 saturated heterocycles. The maximum Gasteiger partial charge on any atom is 0.0811 e. The normalized spacial score (nSPS) is 37.8. The van der Waals surface area contributed by atoms with Crippen molar-refractivity contribution in [2.45, 2.75) is 103 Å². The van der Waals surface area contributed by atoms with Crippen LogP contribution in [0.25, 0.3) is 0 Å². The number of aliphatic hydroxyl groups excluding tert-OH is 2. The molecule has 3 rings (SSSR count). The Balaban J connectivity index is 1.76. The van der Waals surface area contributed by atoms with Crippen molar-refractivity contribution in [2.24, 2.45) is 23.2 Å². The fourth-order valence-corrected chi connectivity index (χ4v) is 6.74. The van der Waals surface area contributed by atoms with E-state index in [4.69, 9.17) is 0 Å². The summed E-state index contributed by atoms with van der Waals surface area (Å²) in [5.74, 6) is 1.83. The highest BCUT2D eigenvalue weighted by atomic mass is 16.3. The summed E-state index contributed by atoms with van der Waals surface area (Å²) in [5, 5.41) is 30.3. The van der Waals surface area contributed by atoms with Gasteiger partial charge in [0.1, 0.15) is 0 Å². The van der Waals surface area contributed by atoms with Crippen LogP contribution in [-0.4, -0.2) is 33.1 Å². The van der Waals surface area contributed by atoms with Crippen molar-refractivity contribution in [3.63, 3.8) is 0 Å². The van der Waals surface area contributed by atoms with E-state index in [0.29, 0.717) is 30.6 Å². The van der Waals surface area contributed by atoms with Gasteiger partial charge in [0.15, 0.2) is 0 Å². The van der Waals surface area contributed by atoms with Gasteiger partial charge in [-0.05, 0) is 93.1 Å². The first-order valence-electron chi connectivity index (χ1n) is 12.4. The molecule has 3 heteroatoms. The molecule has 3 aliphatic carbocycles. The van der Waals surface area contributed by atoms with Crippen molar-refractivity contribution in [3.05, 3.63) is 48.1 Å². The first kappa shape index (κ1) is 24.5. The van der Waals surface area contributed by atoms with Crippen LogP contribution in [0.15, 0.2) is 48.1 Å². The molecule has 0 aliphatic heterocycles. The van der Waals surface area contributed by atoms with Crippen molar-refractivity contribution in [1.82, 2.24) is 0 Å². The van der Waals surface area contributed by atoms with Crippen LogP contribution < -0.4 is 0 Å². The minimum Gasteiger partial charge on any atom is -0.393 e. The van der Waals surface area contributed by atoms with Crippen molar-refractivity contribution in [2.75, 3.05) is 0 Å². The molecule has 0 heterocycles. The minimum absolute atomic E-state index is 0.180. The highest BCUT2D eigenvalue weighted by Crippen LogP contribution is 2.60. The zero-order chi connectivity index (χ0) is 22.8. The fourth-order valence-electron chi connectivity index (χ4n) is 6.74. The van der Waals surface area contributed by atoms with Gasteiger partial charge in [-0.3, -0.25) is 0 Å². The summed E-state index contributed by atoms with van der Waals surface area (Å²) in [6.07, 6.45) is 15.6. The van der Waals surface area contributed by atoms with Crippen LogP contribution >= 0.6 is 0 Å². The molecule has 3 aliphatic rings. The van der Waals surface area contributed by atoms with E-state index in [0.717, 1.165) is 36.8 Å². The highest BCUT2D eigenvalue weighted by Gasteiger charge is 2.51. The second kappa shape index (κ2) is 9.77. The quantitative estimate of drug-likeness (QED) is 0.444. The van der Waals surface area contributed by atoms with Crippen LogP contribution in [0.5, 0.6) is 0 Å². The number of hydrogen-bond donors (Lipinski definition) is 3. The number of fused-ring (bicyclic) bond motifs is 1. The molecule has 0 bridgehead atoms. The predicted molar refractivity (Wildman–Crippen MR) is 129 cm³/mol. The van der Waals surface area contributed by atoms with Gasteiger partial charge in [-0.15, -0.1) is 6.58 Å². The molecule has 0 spiro atoms. The molecule has 3 fully saturated rings. The van der Waals surface area contributed by atoms with Crippen molar-refractivity contribution in [1.29, 1.82) is 0 Å². The van der Waals surface area contributed by atoms with Crippen molar-refractivity contribution < 1.29 is 15.3 Å². The average molecular weight is 429 g/mol. The largest absolute Gasteiger partial charge is 0.393 e. The monoisotopic (exact) mass is 428 g/mol. The molecule has 31 heavy (non-hydrogen) atoms. The Labute approximate surface area is 189 Å². The van der Waals surface area contributed by atoms with Gasteiger partial charge in [-0.25, -0.2) is 0 Å². The van der Waals surface area contributed by atoms with E-state index in [2.05, 4.69) is 38.3 Å². The second-order valence-electron chi connectivity index (χ2n) is 11.2. The van der Waals surface area contributed by atoms with Crippen LogP contribution in [0, 0.1) is 23.2 Å². The first-order chi connectivity index (χ1) is 14.6. The lowest BCUT2D eigenvalue weighted by Gasteiger charge is -2.45. The van der Waals surface area contributed by atoms with Gasteiger partial charge >= 0.3 is 0 Å². The van der Waals surface area contributed by atoms with Gasteiger partial charge in [-0.1, -0.05) is 50.1 Å². The van der Waals surface area contributed by atoms with E-state index in [1.54, 1.807) is 0 Å². The maximum absolute atomic E-state index is 10.2. The molecule has 0 aromatic rings. The Morgan fingerprint density at radius 3 is 2.65 bits per heavy atom. The van der Waals surface area contributed by atoms with Gasteiger partial charge < -0.3 is 15.3 Å². The fraction of sp³-hybridized carbons (Fsp3) is 0.714. The van der Waals surface area contributed by atoms with E-state index in [9.17, 15) is 15.3 Å². The summed E-state index contributed by atoms with van der Waals surface area (Å²) in [4.78, 5) is 0. The molecule has 0 aromatic carbocycles. The summed E-state index contributed by atoms with van der Waals surface area (Å²) >= 11 is 0. The van der Waals surface area contributed by atoms with E-state index >= 15 is 0 Å². The molecule has 3 N–H and O–H groups in total. The van der Waals surface area contributed by atoms with Crippen LogP contribution in [0.4, 0.5) is 0 Å². The summed E-state index contributed by atoms with van der Waals surface area (Å²) in [6, 6.07) is 0. The van der Waals surface area contributed by atoms with Gasteiger partial charge in [0.05, 0.1) is 17.8 Å². The lowest BCUT2D eigenvalue weighted by molar-refractivity contribution is 0.0629. The van der Waals surface area contributed by atoms with Crippen molar-refractivity contribution >= 4 is 0 Å². The molecular weight excluding hydrogens is 384 g/mol. The Morgan fingerprint density at radius 2 is 1.97 bits per heavy atom. The lowest BCUT2D eigenvalue weighted by atomic mass is 9.59. The van der Waals surface area contributed by atoms with Crippen molar-refractivity contribution in [3.8, 4) is 0 Å². The van der Waals surface area contributed by atoms with Gasteiger partial charge in [-0.2, -0.15) is 0 Å². The standard InChI is InChI=1S/C28H44O3/c1-6-28-16-8-10-21(11-12-22-17-23(29)18-26(30)20(22)3)25(28)14-13-24(28)19(2)9-7-15-27(4,5)31/h6,11-12,19,23-26,29-31H,1,3,7-10,13-18H2,2,4-5H3/b21-11+,22-12+/t19-,23-,24-,25+,26+,28-/m1/s1. The average Bonchev–Trinajstić information content (AvgIpc) is 3.09. The Bertz CT molecular complexity index is 725. The molecule has 3 nitrogen and oxygen atoms in total. The van der Waals surface area contributed by atoms with E-state index < -0.39 is 17.8 Å². The molecule has 0 amide bonds. The van der Waals surface area contributed by atoms with Gasteiger partial charge in [0, 0.05) is 6.42 Å². The number of aliphatic hydroxyl groups is 3. The SMILES string of the molecule is C=C[C@]12CCC/C(=C\C=C3/C[C@@H](O)C[C@H](O)C3=C)[C@@H]1CC[C@@H]2[C@H](C)CCCC(C)(C)O. The molecule has 0 radical (unpaired) electrons.